The molecule has 2 aromatic rings. The van der Waals surface area contributed by atoms with Gasteiger partial charge in [0.25, 0.3) is 0 Å². The average molecular weight is 394 g/mol. The highest BCUT2D eigenvalue weighted by Crippen LogP contribution is 2.40. The largest absolute Gasteiger partial charge is 0.424 e. The summed E-state index contributed by atoms with van der Waals surface area (Å²) in [5.41, 5.74) is -3.46. The number of aromatic nitrogens is 1. The Morgan fingerprint density at radius 1 is 1.00 bits per heavy atom. The van der Waals surface area contributed by atoms with Gasteiger partial charge in [0.05, 0.1) is 11.3 Å². The van der Waals surface area contributed by atoms with Crippen LogP contribution in [-0.4, -0.2) is 27.9 Å². The monoisotopic (exact) mass is 394 g/mol. The summed E-state index contributed by atoms with van der Waals surface area (Å²) in [7, 11) is 0. The molecule has 10 heteroatoms. The minimum Gasteiger partial charge on any atom is -0.386 e. The van der Waals surface area contributed by atoms with Crippen molar-refractivity contribution in [2.45, 2.75) is 31.2 Å². The van der Waals surface area contributed by atoms with E-state index in [0.717, 1.165) is 19.9 Å². The number of alkyl halides is 3. The van der Waals surface area contributed by atoms with E-state index in [1.807, 2.05) is 0 Å². The van der Waals surface area contributed by atoms with Gasteiger partial charge in [-0.15, -0.1) is 0 Å². The summed E-state index contributed by atoms with van der Waals surface area (Å²) in [6, 6.07) is 2.62. The third-order valence-corrected chi connectivity index (χ3v) is 4.00. The van der Waals surface area contributed by atoms with Gasteiger partial charge in [0, 0.05) is 17.7 Å². The van der Waals surface area contributed by atoms with Crippen LogP contribution in [0.25, 0.3) is 11.3 Å². The molecule has 0 unspecified atom stereocenters. The topological polar surface area (TPSA) is 79.4 Å². The van der Waals surface area contributed by atoms with Gasteiger partial charge in [0.15, 0.2) is 17.5 Å². The highest BCUT2D eigenvalue weighted by molar-refractivity contribution is 5.62. The number of halogens is 6. The average Bonchev–Trinajstić information content (AvgIpc) is 2.54. The Kier molecular flexibility index (Phi) is 5.30. The van der Waals surface area contributed by atoms with E-state index < -0.39 is 58.3 Å². The number of pyridine rings is 1. The highest BCUT2D eigenvalue weighted by Gasteiger charge is 2.55. The van der Waals surface area contributed by atoms with Crippen molar-refractivity contribution in [2.75, 3.05) is 6.54 Å². The number of hydrogen-bond acceptors (Lipinski definition) is 4. The number of benzene rings is 1. The molecule has 0 saturated heterocycles. The smallest absolute Gasteiger partial charge is 0.386 e. The van der Waals surface area contributed by atoms with Gasteiger partial charge in [-0.25, -0.2) is 18.2 Å². The van der Waals surface area contributed by atoms with Crippen molar-refractivity contribution < 1.29 is 36.6 Å². The van der Waals surface area contributed by atoms with Gasteiger partial charge in [-0.05, 0) is 38.1 Å². The second-order valence-corrected chi connectivity index (χ2v) is 6.47. The highest BCUT2D eigenvalue weighted by atomic mass is 19.4. The zero-order valence-corrected chi connectivity index (χ0v) is 14.2. The molecule has 0 radical (unpaired) electrons. The first kappa shape index (κ1) is 21.1. The van der Waals surface area contributed by atoms with Gasteiger partial charge >= 0.3 is 6.18 Å². The fourth-order valence-corrected chi connectivity index (χ4v) is 2.39. The Bertz CT molecular complexity index is 864. The lowest BCUT2D eigenvalue weighted by molar-refractivity contribution is -0.263. The van der Waals surface area contributed by atoms with Gasteiger partial charge in [0.2, 0.25) is 5.60 Å². The standard InChI is InChI=1S/C17H16F6N2O2/c1-15(2,26)9-6-12(16(27,7-24)17(21,22)23)25-14(13(9)20)8-3-4-10(18)11(19)5-8/h3-6,26-27H,7,24H2,1-2H3/t16-/m0/s1. The minimum atomic E-state index is -5.27. The summed E-state index contributed by atoms with van der Waals surface area (Å²) < 4.78 is 81.5. The fourth-order valence-electron chi connectivity index (χ4n) is 2.39. The first-order valence-electron chi connectivity index (χ1n) is 7.61. The Morgan fingerprint density at radius 2 is 1.59 bits per heavy atom. The molecular weight excluding hydrogens is 378 g/mol. The first-order chi connectivity index (χ1) is 12.2. The van der Waals surface area contributed by atoms with E-state index in [2.05, 4.69) is 4.98 Å². The second-order valence-electron chi connectivity index (χ2n) is 6.47. The molecule has 0 bridgehead atoms. The maximum atomic E-state index is 14.8. The summed E-state index contributed by atoms with van der Waals surface area (Å²) >= 11 is 0. The van der Waals surface area contributed by atoms with E-state index in [-0.39, 0.29) is 5.56 Å². The van der Waals surface area contributed by atoms with Gasteiger partial charge in [-0.2, -0.15) is 13.2 Å². The molecule has 0 saturated carbocycles. The van der Waals surface area contributed by atoms with Crippen LogP contribution < -0.4 is 5.73 Å². The number of hydrogen-bond donors (Lipinski definition) is 3. The number of nitrogens with zero attached hydrogens (tertiary/aromatic N) is 1. The molecule has 27 heavy (non-hydrogen) atoms. The molecule has 0 spiro atoms. The molecule has 0 fully saturated rings. The molecule has 0 aliphatic carbocycles. The molecule has 2 rings (SSSR count). The van der Waals surface area contributed by atoms with Crippen molar-refractivity contribution in [3.8, 4) is 11.3 Å². The molecule has 1 aromatic heterocycles. The van der Waals surface area contributed by atoms with E-state index in [1.165, 1.54) is 0 Å². The van der Waals surface area contributed by atoms with Crippen LogP contribution in [-0.2, 0) is 11.2 Å². The van der Waals surface area contributed by atoms with Crippen LogP contribution in [0.15, 0.2) is 24.3 Å². The fraction of sp³-hybridized carbons (Fsp3) is 0.353. The number of rotatable bonds is 4. The Hall–Kier alpha value is -2.17. The molecule has 0 amide bonds. The van der Waals surface area contributed by atoms with Crippen LogP contribution in [0.5, 0.6) is 0 Å². The van der Waals surface area contributed by atoms with E-state index >= 15 is 0 Å². The minimum absolute atomic E-state index is 0.389. The zero-order chi connectivity index (χ0) is 20.8. The van der Waals surface area contributed by atoms with Gasteiger partial charge in [-0.1, -0.05) is 0 Å². The predicted octanol–water partition coefficient (Wildman–Crippen LogP) is 3.10. The maximum absolute atomic E-state index is 14.8. The van der Waals surface area contributed by atoms with Crippen molar-refractivity contribution in [1.82, 2.24) is 4.98 Å². The third kappa shape index (κ3) is 3.78. The van der Waals surface area contributed by atoms with E-state index in [0.29, 0.717) is 18.2 Å². The summed E-state index contributed by atoms with van der Waals surface area (Å²) in [5, 5.41) is 20.1. The Morgan fingerprint density at radius 3 is 2.04 bits per heavy atom. The quantitative estimate of drug-likeness (QED) is 0.697. The molecule has 4 N–H and O–H groups in total. The lowest BCUT2D eigenvalue weighted by atomic mass is 9.90. The van der Waals surface area contributed by atoms with Crippen molar-refractivity contribution in [1.29, 1.82) is 0 Å². The van der Waals surface area contributed by atoms with Gasteiger partial charge in [-0.3, -0.25) is 0 Å². The van der Waals surface area contributed by atoms with Crippen LogP contribution in [0.4, 0.5) is 26.3 Å². The molecule has 148 valence electrons. The Balaban J connectivity index is 2.87. The lowest BCUT2D eigenvalue weighted by Crippen LogP contribution is -2.49. The van der Waals surface area contributed by atoms with Crippen molar-refractivity contribution in [3.63, 3.8) is 0 Å². The summed E-state index contributed by atoms with van der Waals surface area (Å²) in [6.07, 6.45) is -5.27. The van der Waals surface area contributed by atoms with E-state index in [4.69, 9.17) is 5.73 Å². The van der Waals surface area contributed by atoms with Crippen LogP contribution in [0.3, 0.4) is 0 Å². The lowest BCUT2D eigenvalue weighted by Gasteiger charge is -2.30. The predicted molar refractivity (Wildman–Crippen MR) is 83.8 cm³/mol. The van der Waals surface area contributed by atoms with Gasteiger partial charge < -0.3 is 15.9 Å². The summed E-state index contributed by atoms with van der Waals surface area (Å²) in [5.74, 6) is -3.89. The SMILES string of the molecule is CC(C)(O)c1cc([C@@](O)(CN)C(F)(F)F)nc(-c2ccc(F)c(F)c2)c1F. The van der Waals surface area contributed by atoms with Crippen LogP contribution in [0.2, 0.25) is 0 Å². The zero-order valence-electron chi connectivity index (χ0n) is 14.2. The molecule has 4 nitrogen and oxygen atoms in total. The molecule has 1 heterocycles. The van der Waals surface area contributed by atoms with Crippen molar-refractivity contribution in [3.05, 3.63) is 53.0 Å². The third-order valence-electron chi connectivity index (χ3n) is 4.00. The molecule has 0 aliphatic heterocycles. The van der Waals surface area contributed by atoms with E-state index in [1.54, 1.807) is 0 Å². The number of nitrogens with two attached hydrogens (primary N) is 1. The maximum Gasteiger partial charge on any atom is 0.424 e. The summed E-state index contributed by atoms with van der Waals surface area (Å²) in [6.45, 7) is 0.857. The van der Waals surface area contributed by atoms with Crippen LogP contribution in [0, 0.1) is 17.5 Å². The molecular formula is C17H16F6N2O2. The van der Waals surface area contributed by atoms with Crippen molar-refractivity contribution in [2.24, 2.45) is 5.73 Å². The Labute approximate surface area is 150 Å². The molecule has 1 aromatic carbocycles. The summed E-state index contributed by atoms with van der Waals surface area (Å²) in [4.78, 5) is 3.47. The van der Waals surface area contributed by atoms with Gasteiger partial charge in [0.1, 0.15) is 5.69 Å². The first-order valence-corrected chi connectivity index (χ1v) is 7.61. The molecule has 1 atom stereocenters. The normalized spacial score (nSPS) is 14.9. The number of aliphatic hydroxyl groups is 2. The second kappa shape index (κ2) is 6.77. The van der Waals surface area contributed by atoms with Crippen LogP contribution >= 0.6 is 0 Å². The van der Waals surface area contributed by atoms with Crippen LogP contribution in [0.1, 0.15) is 25.1 Å². The van der Waals surface area contributed by atoms with E-state index in [9.17, 15) is 36.6 Å². The molecule has 0 aliphatic rings. The van der Waals surface area contributed by atoms with Crippen molar-refractivity contribution >= 4 is 0 Å².